The Bertz CT molecular complexity index is 1060. The molecule has 0 spiro atoms. The summed E-state index contributed by atoms with van der Waals surface area (Å²) in [4.78, 5) is 34.6. The fourth-order valence-corrected chi connectivity index (χ4v) is 6.14. The molecular weight excluding hydrogens is 446 g/mol. The molecule has 1 aliphatic carbocycles. The molecule has 2 saturated heterocycles. The fourth-order valence-electron chi connectivity index (χ4n) is 5.90. The van der Waals surface area contributed by atoms with Crippen molar-refractivity contribution < 1.29 is 9.59 Å². The third kappa shape index (κ3) is 4.92. The number of ketones is 1. The molecule has 0 saturated carbocycles. The van der Waals surface area contributed by atoms with E-state index < -0.39 is 0 Å². The van der Waals surface area contributed by atoms with Crippen molar-refractivity contribution in [3.8, 4) is 0 Å². The number of pyridine rings is 1. The van der Waals surface area contributed by atoms with Crippen LogP contribution < -0.4 is 0 Å². The number of aryl methyl sites for hydroxylation is 2. The van der Waals surface area contributed by atoms with Crippen molar-refractivity contribution in [1.82, 2.24) is 14.8 Å². The first-order valence-corrected chi connectivity index (χ1v) is 13.1. The van der Waals surface area contributed by atoms with Crippen molar-refractivity contribution in [2.24, 2.45) is 11.8 Å². The molecule has 3 heterocycles. The molecular formula is C28H34ClN3O2. The summed E-state index contributed by atoms with van der Waals surface area (Å²) in [5, 5.41) is 0.605. The highest BCUT2D eigenvalue weighted by Crippen LogP contribution is 2.34. The topological polar surface area (TPSA) is 53.5 Å². The lowest BCUT2D eigenvalue weighted by Gasteiger charge is -2.45. The average Bonchev–Trinajstić information content (AvgIpc) is 2.81. The van der Waals surface area contributed by atoms with E-state index in [4.69, 9.17) is 16.6 Å². The van der Waals surface area contributed by atoms with Gasteiger partial charge in [-0.05, 0) is 81.0 Å². The Morgan fingerprint density at radius 1 is 1.06 bits per heavy atom. The molecule has 5 rings (SSSR count). The Hall–Kier alpha value is -2.24. The lowest BCUT2D eigenvalue weighted by atomic mass is 9.88. The first kappa shape index (κ1) is 23.5. The number of benzene rings is 1. The second-order valence-electron chi connectivity index (χ2n) is 10.3. The van der Waals surface area contributed by atoms with Crippen LogP contribution >= 0.6 is 11.6 Å². The molecule has 2 aromatic rings. The number of fused-ring (bicyclic) bond motifs is 1. The molecule has 5 nitrogen and oxygen atoms in total. The summed E-state index contributed by atoms with van der Waals surface area (Å²) in [5.41, 5.74) is 4.80. The third-order valence-corrected chi connectivity index (χ3v) is 8.21. The van der Waals surface area contributed by atoms with Gasteiger partial charge < -0.3 is 4.90 Å². The van der Waals surface area contributed by atoms with Gasteiger partial charge >= 0.3 is 0 Å². The number of piperidine rings is 1. The highest BCUT2D eigenvalue weighted by atomic mass is 35.5. The van der Waals surface area contributed by atoms with E-state index in [2.05, 4.69) is 17.0 Å². The molecule has 2 aliphatic heterocycles. The van der Waals surface area contributed by atoms with Crippen LogP contribution in [0.3, 0.4) is 0 Å². The van der Waals surface area contributed by atoms with Crippen LogP contribution in [0.15, 0.2) is 36.4 Å². The summed E-state index contributed by atoms with van der Waals surface area (Å²) >= 11 is 6.36. The maximum Gasteiger partial charge on any atom is 0.228 e. The molecule has 1 aromatic carbocycles. The van der Waals surface area contributed by atoms with Gasteiger partial charge in [-0.15, -0.1) is 0 Å². The van der Waals surface area contributed by atoms with E-state index in [-0.39, 0.29) is 23.7 Å². The van der Waals surface area contributed by atoms with Crippen LogP contribution in [-0.2, 0) is 28.9 Å². The van der Waals surface area contributed by atoms with E-state index in [1.54, 1.807) is 6.92 Å². The molecule has 180 valence electrons. The van der Waals surface area contributed by atoms with Crippen molar-refractivity contribution in [2.45, 2.75) is 57.9 Å². The molecule has 0 radical (unpaired) electrons. The molecule has 1 atom stereocenters. The molecule has 6 heteroatoms. The quantitative estimate of drug-likeness (QED) is 0.604. The summed E-state index contributed by atoms with van der Waals surface area (Å²) in [6, 6.07) is 11.6. The van der Waals surface area contributed by atoms with Crippen LogP contribution in [-0.4, -0.2) is 52.7 Å². The Balaban J connectivity index is 1.12. The van der Waals surface area contributed by atoms with Gasteiger partial charge in [0.25, 0.3) is 0 Å². The van der Waals surface area contributed by atoms with Crippen molar-refractivity contribution >= 4 is 23.3 Å². The highest BCUT2D eigenvalue weighted by Gasteiger charge is 2.41. The van der Waals surface area contributed by atoms with Crippen LogP contribution in [0.25, 0.3) is 0 Å². The van der Waals surface area contributed by atoms with Crippen LogP contribution in [0.1, 0.15) is 61.2 Å². The van der Waals surface area contributed by atoms with Gasteiger partial charge in [-0.25, -0.2) is 0 Å². The number of aromatic nitrogens is 1. The van der Waals surface area contributed by atoms with Crippen molar-refractivity contribution in [3.63, 3.8) is 0 Å². The van der Waals surface area contributed by atoms with Gasteiger partial charge in [0.1, 0.15) is 0 Å². The average molecular weight is 480 g/mol. The summed E-state index contributed by atoms with van der Waals surface area (Å²) < 4.78 is 0. The standard InChI is InChI=1S/C28H34ClN3O2/c1-19(33)27(24-7-3-4-8-25(24)29)32-17-22(18-32)28(34)31-14-12-20(13-15-31)16-23-11-10-21-6-2-5-9-26(21)30-23/h3-4,7-8,10-11,20,22,27H,2,5-6,9,12-18H2,1H3. The van der Waals surface area contributed by atoms with Crippen LogP contribution in [0, 0.1) is 11.8 Å². The molecule has 1 unspecified atom stereocenters. The zero-order valence-electron chi connectivity index (χ0n) is 20.0. The predicted octanol–water partition coefficient (Wildman–Crippen LogP) is 4.66. The Labute approximate surface area is 207 Å². The van der Waals surface area contributed by atoms with Crippen molar-refractivity contribution in [1.29, 1.82) is 0 Å². The largest absolute Gasteiger partial charge is 0.342 e. The molecule has 2 fully saturated rings. The van der Waals surface area contributed by atoms with Crippen molar-refractivity contribution in [3.05, 3.63) is 63.9 Å². The van der Waals surface area contributed by atoms with Crippen molar-refractivity contribution in [2.75, 3.05) is 26.2 Å². The second kappa shape index (κ2) is 10.2. The van der Waals surface area contributed by atoms with Crippen LogP contribution in [0.2, 0.25) is 5.02 Å². The number of nitrogens with zero attached hydrogens (tertiary/aromatic N) is 3. The Morgan fingerprint density at radius 2 is 1.79 bits per heavy atom. The van der Waals surface area contributed by atoms with E-state index in [0.29, 0.717) is 24.0 Å². The summed E-state index contributed by atoms with van der Waals surface area (Å²) in [5.74, 6) is 0.875. The Kier molecular flexibility index (Phi) is 7.03. The van der Waals surface area contributed by atoms with E-state index >= 15 is 0 Å². The number of amides is 1. The number of halogens is 1. The van der Waals surface area contributed by atoms with Gasteiger partial charge in [0.2, 0.25) is 5.91 Å². The maximum atomic E-state index is 13.1. The van der Waals surface area contributed by atoms with E-state index in [0.717, 1.165) is 44.3 Å². The van der Waals surface area contributed by atoms with Gasteiger partial charge in [-0.3, -0.25) is 19.5 Å². The summed E-state index contributed by atoms with van der Waals surface area (Å²) in [6.07, 6.45) is 7.93. The number of Topliss-reactive ketones (excluding diaryl/α,β-unsaturated/α-hetero) is 1. The first-order chi connectivity index (χ1) is 16.5. The lowest BCUT2D eigenvalue weighted by molar-refractivity contribution is -0.146. The normalized spacial score (nSPS) is 20.5. The van der Waals surface area contributed by atoms with Gasteiger partial charge in [-0.1, -0.05) is 35.9 Å². The molecule has 1 aromatic heterocycles. The number of carbonyl (C=O) groups is 2. The third-order valence-electron chi connectivity index (χ3n) is 7.87. The summed E-state index contributed by atoms with van der Waals surface area (Å²) in [6.45, 7) is 4.49. The minimum atomic E-state index is -0.368. The molecule has 1 amide bonds. The number of hydrogen-bond donors (Lipinski definition) is 0. The maximum absolute atomic E-state index is 13.1. The van der Waals surface area contributed by atoms with E-state index in [1.807, 2.05) is 29.2 Å². The second-order valence-corrected chi connectivity index (χ2v) is 10.7. The van der Waals surface area contributed by atoms with Gasteiger partial charge in [-0.2, -0.15) is 0 Å². The number of rotatable bonds is 6. The highest BCUT2D eigenvalue weighted by molar-refractivity contribution is 6.31. The smallest absolute Gasteiger partial charge is 0.228 e. The monoisotopic (exact) mass is 479 g/mol. The fraction of sp³-hybridized carbons (Fsp3) is 0.536. The van der Waals surface area contributed by atoms with Gasteiger partial charge in [0, 0.05) is 42.6 Å². The number of likely N-dealkylation sites (tertiary alicyclic amines) is 2. The predicted molar refractivity (Wildman–Crippen MR) is 134 cm³/mol. The molecule has 0 bridgehead atoms. The van der Waals surface area contributed by atoms with Gasteiger partial charge in [0.15, 0.2) is 5.78 Å². The lowest BCUT2D eigenvalue weighted by Crippen LogP contribution is -2.57. The van der Waals surface area contributed by atoms with Crippen LogP contribution in [0.5, 0.6) is 0 Å². The number of carbonyl (C=O) groups excluding carboxylic acids is 2. The zero-order chi connectivity index (χ0) is 23.7. The molecule has 0 N–H and O–H groups in total. The van der Waals surface area contributed by atoms with E-state index in [9.17, 15) is 9.59 Å². The molecule has 3 aliphatic rings. The minimum absolute atomic E-state index is 0.0248. The van der Waals surface area contributed by atoms with Crippen LogP contribution in [0.4, 0.5) is 0 Å². The van der Waals surface area contributed by atoms with Gasteiger partial charge in [0.05, 0.1) is 12.0 Å². The number of hydrogen-bond acceptors (Lipinski definition) is 4. The summed E-state index contributed by atoms with van der Waals surface area (Å²) in [7, 11) is 0. The van der Waals surface area contributed by atoms with E-state index in [1.165, 1.54) is 36.2 Å². The minimum Gasteiger partial charge on any atom is -0.342 e. The SMILES string of the molecule is CC(=O)C(c1ccccc1Cl)N1CC(C(=O)N2CCC(Cc3ccc4c(n3)CCCC4)CC2)C1. The zero-order valence-corrected chi connectivity index (χ0v) is 20.8. The first-order valence-electron chi connectivity index (χ1n) is 12.7. The molecule has 34 heavy (non-hydrogen) atoms. The Morgan fingerprint density at radius 3 is 2.53 bits per heavy atom.